The van der Waals surface area contributed by atoms with E-state index >= 15 is 0 Å². The van der Waals surface area contributed by atoms with Gasteiger partial charge in [0.1, 0.15) is 0 Å². The SMILES string of the molecule is COc1cc(CNC(C)(C)C)cc(Cl)c1OCC1CC1. The van der Waals surface area contributed by atoms with Gasteiger partial charge < -0.3 is 14.8 Å². The van der Waals surface area contributed by atoms with E-state index in [9.17, 15) is 0 Å². The van der Waals surface area contributed by atoms with E-state index in [1.165, 1.54) is 12.8 Å². The molecule has 1 saturated carbocycles. The second-order valence-electron chi connectivity index (χ2n) is 6.47. The summed E-state index contributed by atoms with van der Waals surface area (Å²) in [6.45, 7) is 7.90. The number of rotatable bonds is 6. The number of hydrogen-bond donors (Lipinski definition) is 1. The Kier molecular flexibility index (Phi) is 4.82. The highest BCUT2D eigenvalue weighted by Gasteiger charge is 2.23. The maximum absolute atomic E-state index is 6.33. The van der Waals surface area contributed by atoms with Crippen LogP contribution in [0.2, 0.25) is 5.02 Å². The third-order valence-electron chi connectivity index (χ3n) is 3.27. The van der Waals surface area contributed by atoms with Crippen molar-refractivity contribution >= 4 is 11.6 Å². The van der Waals surface area contributed by atoms with Gasteiger partial charge in [0.2, 0.25) is 0 Å². The fourth-order valence-corrected chi connectivity index (χ4v) is 2.16. The van der Waals surface area contributed by atoms with Gasteiger partial charge in [-0.2, -0.15) is 0 Å². The van der Waals surface area contributed by atoms with Gasteiger partial charge in [-0.15, -0.1) is 0 Å². The van der Waals surface area contributed by atoms with Crippen molar-refractivity contribution in [2.24, 2.45) is 5.92 Å². The van der Waals surface area contributed by atoms with Crippen LogP contribution in [-0.2, 0) is 6.54 Å². The maximum Gasteiger partial charge on any atom is 0.179 e. The van der Waals surface area contributed by atoms with Gasteiger partial charge in [-0.1, -0.05) is 11.6 Å². The Morgan fingerprint density at radius 3 is 2.55 bits per heavy atom. The first kappa shape index (κ1) is 15.5. The molecule has 1 aliphatic rings. The Bertz CT molecular complexity index is 464. The molecule has 4 heteroatoms. The molecule has 1 N–H and O–H groups in total. The first-order valence-corrected chi connectivity index (χ1v) is 7.51. The van der Waals surface area contributed by atoms with Crippen molar-refractivity contribution in [3.63, 3.8) is 0 Å². The minimum Gasteiger partial charge on any atom is -0.493 e. The lowest BCUT2D eigenvalue weighted by Crippen LogP contribution is -2.35. The lowest BCUT2D eigenvalue weighted by atomic mass is 10.1. The van der Waals surface area contributed by atoms with Crippen LogP contribution in [0.3, 0.4) is 0 Å². The monoisotopic (exact) mass is 297 g/mol. The van der Waals surface area contributed by atoms with Gasteiger partial charge in [0.05, 0.1) is 18.7 Å². The molecule has 3 nitrogen and oxygen atoms in total. The van der Waals surface area contributed by atoms with E-state index in [1.54, 1.807) is 7.11 Å². The smallest absolute Gasteiger partial charge is 0.179 e. The van der Waals surface area contributed by atoms with Crippen molar-refractivity contribution < 1.29 is 9.47 Å². The average molecular weight is 298 g/mol. The molecule has 0 amide bonds. The van der Waals surface area contributed by atoms with Crippen LogP contribution in [0.4, 0.5) is 0 Å². The van der Waals surface area contributed by atoms with Gasteiger partial charge in [0.25, 0.3) is 0 Å². The van der Waals surface area contributed by atoms with Crippen LogP contribution in [0.1, 0.15) is 39.2 Å². The molecular weight excluding hydrogens is 274 g/mol. The number of hydrogen-bond acceptors (Lipinski definition) is 3. The van der Waals surface area contributed by atoms with Crippen molar-refractivity contribution in [3.05, 3.63) is 22.7 Å². The van der Waals surface area contributed by atoms with Crippen LogP contribution in [0.5, 0.6) is 11.5 Å². The molecule has 1 fully saturated rings. The molecule has 1 aromatic rings. The normalized spacial score (nSPS) is 15.2. The van der Waals surface area contributed by atoms with Crippen LogP contribution in [-0.4, -0.2) is 19.3 Å². The van der Waals surface area contributed by atoms with E-state index in [1.807, 2.05) is 12.1 Å². The number of ether oxygens (including phenoxy) is 2. The minimum atomic E-state index is 0.0703. The Hall–Kier alpha value is -0.930. The van der Waals surface area contributed by atoms with E-state index in [-0.39, 0.29) is 5.54 Å². The molecule has 0 radical (unpaired) electrons. The van der Waals surface area contributed by atoms with Crippen molar-refractivity contribution in [2.75, 3.05) is 13.7 Å². The molecular formula is C16H24ClNO2. The Morgan fingerprint density at radius 2 is 2.00 bits per heavy atom. The number of halogens is 1. The highest BCUT2D eigenvalue weighted by atomic mass is 35.5. The van der Waals surface area contributed by atoms with Gasteiger partial charge in [-0.25, -0.2) is 0 Å². The van der Waals surface area contributed by atoms with Crippen LogP contribution >= 0.6 is 11.6 Å². The first-order chi connectivity index (χ1) is 9.39. The summed E-state index contributed by atoms with van der Waals surface area (Å²) in [7, 11) is 1.65. The number of methoxy groups -OCH3 is 1. The zero-order chi connectivity index (χ0) is 14.8. The Labute approximate surface area is 126 Å². The molecule has 0 atom stereocenters. The molecule has 1 aromatic carbocycles. The third kappa shape index (κ3) is 4.57. The van der Waals surface area contributed by atoms with Crippen LogP contribution in [0.25, 0.3) is 0 Å². The number of benzene rings is 1. The van der Waals surface area contributed by atoms with Crippen molar-refractivity contribution in [1.82, 2.24) is 5.32 Å². The Balaban J connectivity index is 2.09. The summed E-state index contributed by atoms with van der Waals surface area (Å²) < 4.78 is 11.2. The molecule has 2 rings (SSSR count). The molecule has 0 unspecified atom stereocenters. The van der Waals surface area contributed by atoms with E-state index in [4.69, 9.17) is 21.1 Å². The molecule has 112 valence electrons. The summed E-state index contributed by atoms with van der Waals surface area (Å²) in [5, 5.41) is 4.06. The molecule has 0 aromatic heterocycles. The van der Waals surface area contributed by atoms with Crippen LogP contribution in [0.15, 0.2) is 12.1 Å². The molecule has 0 saturated heterocycles. The summed E-state index contributed by atoms with van der Waals surface area (Å²) >= 11 is 6.33. The largest absolute Gasteiger partial charge is 0.493 e. The molecule has 20 heavy (non-hydrogen) atoms. The topological polar surface area (TPSA) is 30.5 Å². The summed E-state index contributed by atoms with van der Waals surface area (Å²) in [6.07, 6.45) is 2.51. The fraction of sp³-hybridized carbons (Fsp3) is 0.625. The van der Waals surface area contributed by atoms with Gasteiger partial charge in [-0.3, -0.25) is 0 Å². The molecule has 0 aliphatic heterocycles. The summed E-state index contributed by atoms with van der Waals surface area (Å²) in [5.41, 5.74) is 1.17. The van der Waals surface area contributed by atoms with Crippen molar-refractivity contribution in [2.45, 2.75) is 45.7 Å². The first-order valence-electron chi connectivity index (χ1n) is 7.13. The quantitative estimate of drug-likeness (QED) is 0.860. The van der Waals surface area contributed by atoms with E-state index < -0.39 is 0 Å². The second-order valence-corrected chi connectivity index (χ2v) is 6.87. The summed E-state index contributed by atoms with van der Waals surface area (Å²) in [5.74, 6) is 2.07. The fourth-order valence-electron chi connectivity index (χ4n) is 1.87. The van der Waals surface area contributed by atoms with E-state index in [0.717, 1.165) is 18.7 Å². The molecule has 0 heterocycles. The molecule has 0 spiro atoms. The lowest BCUT2D eigenvalue weighted by Gasteiger charge is -2.21. The maximum atomic E-state index is 6.33. The van der Waals surface area contributed by atoms with E-state index in [0.29, 0.717) is 22.4 Å². The van der Waals surface area contributed by atoms with Gasteiger partial charge >= 0.3 is 0 Å². The molecule has 1 aliphatic carbocycles. The van der Waals surface area contributed by atoms with Gasteiger partial charge in [0.15, 0.2) is 11.5 Å². The van der Waals surface area contributed by atoms with Crippen LogP contribution < -0.4 is 14.8 Å². The standard InChI is InChI=1S/C16H24ClNO2/c1-16(2,3)18-9-12-7-13(17)15(14(8-12)19-4)20-10-11-5-6-11/h7-8,11,18H,5-6,9-10H2,1-4H3. The molecule has 0 bridgehead atoms. The highest BCUT2D eigenvalue weighted by Crippen LogP contribution is 2.38. The van der Waals surface area contributed by atoms with Crippen LogP contribution in [0, 0.1) is 5.92 Å². The summed E-state index contributed by atoms with van der Waals surface area (Å²) in [6, 6.07) is 3.94. The second kappa shape index (κ2) is 6.23. The van der Waals surface area contributed by atoms with Crippen molar-refractivity contribution in [3.8, 4) is 11.5 Å². The highest BCUT2D eigenvalue weighted by molar-refractivity contribution is 6.32. The minimum absolute atomic E-state index is 0.0703. The third-order valence-corrected chi connectivity index (χ3v) is 3.55. The zero-order valence-corrected chi connectivity index (χ0v) is 13.5. The summed E-state index contributed by atoms with van der Waals surface area (Å²) in [4.78, 5) is 0. The number of nitrogens with one attached hydrogen (secondary N) is 1. The van der Waals surface area contributed by atoms with Gasteiger partial charge in [0, 0.05) is 12.1 Å². The average Bonchev–Trinajstić information content (AvgIpc) is 3.17. The Morgan fingerprint density at radius 1 is 1.30 bits per heavy atom. The predicted octanol–water partition coefficient (Wildman–Crippen LogP) is 4.03. The van der Waals surface area contributed by atoms with E-state index in [2.05, 4.69) is 26.1 Å². The zero-order valence-electron chi connectivity index (χ0n) is 12.8. The predicted molar refractivity (Wildman–Crippen MR) is 82.8 cm³/mol. The van der Waals surface area contributed by atoms with Crippen molar-refractivity contribution in [1.29, 1.82) is 0 Å². The van der Waals surface area contributed by atoms with Gasteiger partial charge in [-0.05, 0) is 57.2 Å². The lowest BCUT2D eigenvalue weighted by molar-refractivity contribution is 0.280.